The summed E-state index contributed by atoms with van der Waals surface area (Å²) in [4.78, 5) is 13.7. The number of nitrogens with two attached hydrogens (primary N) is 1. The van der Waals surface area contributed by atoms with Gasteiger partial charge < -0.3 is 20.1 Å². The second kappa shape index (κ2) is 7.01. The highest BCUT2D eigenvalue weighted by Gasteiger charge is 2.27. The highest BCUT2D eigenvalue weighted by molar-refractivity contribution is 5.68. The van der Waals surface area contributed by atoms with Crippen LogP contribution in [-0.2, 0) is 16.1 Å². The van der Waals surface area contributed by atoms with Crippen LogP contribution in [0.15, 0.2) is 24.3 Å². The van der Waals surface area contributed by atoms with E-state index in [9.17, 15) is 4.79 Å². The third-order valence-electron chi connectivity index (χ3n) is 3.53. The highest BCUT2D eigenvalue weighted by atomic mass is 16.6. The highest BCUT2D eigenvalue weighted by Crippen LogP contribution is 2.19. The van der Waals surface area contributed by atoms with Crippen LogP contribution in [0.5, 0.6) is 0 Å². The lowest BCUT2D eigenvalue weighted by molar-refractivity contribution is -0.0170. The fraction of sp³-hybridized carbons (Fsp3) is 0.588. The first-order valence-corrected chi connectivity index (χ1v) is 7.77. The third-order valence-corrected chi connectivity index (χ3v) is 3.53. The fourth-order valence-corrected chi connectivity index (χ4v) is 2.43. The summed E-state index contributed by atoms with van der Waals surface area (Å²) in [5.41, 5.74) is 7.14. The van der Waals surface area contributed by atoms with Crippen molar-refractivity contribution in [3.05, 3.63) is 29.8 Å². The van der Waals surface area contributed by atoms with Crippen molar-refractivity contribution in [3.8, 4) is 0 Å². The molecule has 1 aliphatic rings. The molecule has 5 nitrogen and oxygen atoms in total. The van der Waals surface area contributed by atoms with Gasteiger partial charge in [-0.1, -0.05) is 12.1 Å². The number of hydrogen-bond donors (Lipinski definition) is 1. The van der Waals surface area contributed by atoms with E-state index in [0.29, 0.717) is 19.7 Å². The molecule has 5 heteroatoms. The summed E-state index contributed by atoms with van der Waals surface area (Å²) in [5.74, 6) is 0. The van der Waals surface area contributed by atoms with Crippen LogP contribution in [0.3, 0.4) is 0 Å². The van der Waals surface area contributed by atoms with Gasteiger partial charge in [-0.05, 0) is 51.3 Å². The first-order valence-electron chi connectivity index (χ1n) is 7.77. The number of hydrogen-bond acceptors (Lipinski definition) is 4. The molecule has 1 amide bonds. The van der Waals surface area contributed by atoms with Gasteiger partial charge in [-0.2, -0.15) is 0 Å². The van der Waals surface area contributed by atoms with Crippen molar-refractivity contribution in [1.82, 2.24) is 4.90 Å². The zero-order valence-corrected chi connectivity index (χ0v) is 13.7. The summed E-state index contributed by atoms with van der Waals surface area (Å²) >= 11 is 0. The van der Waals surface area contributed by atoms with E-state index in [-0.39, 0.29) is 12.2 Å². The molecule has 1 fully saturated rings. The van der Waals surface area contributed by atoms with Gasteiger partial charge in [0.1, 0.15) is 5.60 Å². The zero-order chi connectivity index (χ0) is 16.2. The maximum atomic E-state index is 12.0. The normalized spacial score (nSPS) is 16.6. The van der Waals surface area contributed by atoms with Crippen molar-refractivity contribution >= 4 is 11.8 Å². The van der Waals surface area contributed by atoms with Gasteiger partial charge in [0.15, 0.2) is 0 Å². The van der Waals surface area contributed by atoms with Gasteiger partial charge >= 0.3 is 6.09 Å². The van der Waals surface area contributed by atoms with E-state index >= 15 is 0 Å². The summed E-state index contributed by atoms with van der Waals surface area (Å²) in [6.07, 6.45) is 1.62. The molecule has 2 rings (SSSR count). The molecule has 1 aromatic carbocycles. The van der Waals surface area contributed by atoms with Crippen molar-refractivity contribution < 1.29 is 14.3 Å². The Morgan fingerprint density at radius 1 is 1.32 bits per heavy atom. The molecular weight excluding hydrogens is 280 g/mol. The molecule has 0 aliphatic carbocycles. The van der Waals surface area contributed by atoms with Gasteiger partial charge in [0.2, 0.25) is 0 Å². The monoisotopic (exact) mass is 306 g/mol. The molecule has 2 N–H and O–H groups in total. The van der Waals surface area contributed by atoms with Crippen molar-refractivity contribution in [2.75, 3.05) is 18.8 Å². The van der Waals surface area contributed by atoms with Crippen LogP contribution in [0, 0.1) is 0 Å². The quantitative estimate of drug-likeness (QED) is 0.871. The summed E-state index contributed by atoms with van der Waals surface area (Å²) in [6, 6.07) is 7.73. The number of carbonyl (C=O) groups excluding carboxylic acids is 1. The van der Waals surface area contributed by atoms with Gasteiger partial charge in [-0.25, -0.2) is 4.79 Å². The average molecular weight is 306 g/mol. The van der Waals surface area contributed by atoms with E-state index in [1.807, 2.05) is 45.0 Å². The number of rotatable bonds is 3. The number of amides is 1. The molecule has 0 aromatic heterocycles. The Hall–Kier alpha value is -1.75. The van der Waals surface area contributed by atoms with Crippen LogP contribution < -0.4 is 5.73 Å². The summed E-state index contributed by atoms with van der Waals surface area (Å²) in [6.45, 7) is 7.56. The van der Waals surface area contributed by atoms with Crippen molar-refractivity contribution in [1.29, 1.82) is 0 Å². The summed E-state index contributed by atoms with van der Waals surface area (Å²) < 4.78 is 11.3. The van der Waals surface area contributed by atoms with Crippen molar-refractivity contribution in [3.63, 3.8) is 0 Å². The maximum Gasteiger partial charge on any atom is 0.410 e. The van der Waals surface area contributed by atoms with Crippen molar-refractivity contribution in [2.24, 2.45) is 0 Å². The molecule has 1 heterocycles. The molecule has 1 saturated heterocycles. The standard InChI is InChI=1S/C17H26N2O3/c1-17(2,3)22-16(20)19-9-7-15(8-10-19)21-12-13-5-4-6-14(18)11-13/h4-6,11,15H,7-10,12,18H2,1-3H3. The smallest absolute Gasteiger partial charge is 0.410 e. The molecule has 1 aromatic rings. The number of nitrogens with zero attached hydrogens (tertiary/aromatic N) is 1. The lowest BCUT2D eigenvalue weighted by atomic mass is 10.1. The minimum absolute atomic E-state index is 0.181. The molecular formula is C17H26N2O3. The van der Waals surface area contributed by atoms with Gasteiger partial charge in [0.05, 0.1) is 12.7 Å². The molecule has 0 spiro atoms. The van der Waals surface area contributed by atoms with Gasteiger partial charge in [-0.3, -0.25) is 0 Å². The van der Waals surface area contributed by atoms with Crippen LogP contribution in [0.4, 0.5) is 10.5 Å². The van der Waals surface area contributed by atoms with E-state index < -0.39 is 5.60 Å². The number of carbonyl (C=O) groups is 1. The van der Waals surface area contributed by atoms with Gasteiger partial charge in [-0.15, -0.1) is 0 Å². The Kier molecular flexibility index (Phi) is 5.29. The fourth-order valence-electron chi connectivity index (χ4n) is 2.43. The molecule has 0 radical (unpaired) electrons. The lowest BCUT2D eigenvalue weighted by Gasteiger charge is -2.33. The van der Waals surface area contributed by atoms with Crippen LogP contribution in [0.1, 0.15) is 39.2 Å². The average Bonchev–Trinajstić information content (AvgIpc) is 2.44. The lowest BCUT2D eigenvalue weighted by Crippen LogP contribution is -2.43. The Balaban J connectivity index is 1.74. The zero-order valence-electron chi connectivity index (χ0n) is 13.7. The predicted molar refractivity (Wildman–Crippen MR) is 86.5 cm³/mol. The summed E-state index contributed by atoms with van der Waals surface area (Å²) in [5, 5.41) is 0. The first-order chi connectivity index (χ1) is 10.3. The third kappa shape index (κ3) is 5.22. The Morgan fingerprint density at radius 3 is 2.59 bits per heavy atom. The van der Waals surface area contributed by atoms with Gasteiger partial charge in [0.25, 0.3) is 0 Å². The number of piperidine rings is 1. The van der Waals surface area contributed by atoms with Crippen LogP contribution in [0.25, 0.3) is 0 Å². The minimum atomic E-state index is -0.447. The van der Waals surface area contributed by atoms with E-state index in [4.69, 9.17) is 15.2 Å². The Morgan fingerprint density at radius 2 is 2.00 bits per heavy atom. The number of anilines is 1. The van der Waals surface area contributed by atoms with Gasteiger partial charge in [0, 0.05) is 18.8 Å². The Labute approximate surface area is 132 Å². The first kappa shape index (κ1) is 16.6. The van der Waals surface area contributed by atoms with E-state index in [0.717, 1.165) is 24.1 Å². The van der Waals surface area contributed by atoms with E-state index in [2.05, 4.69) is 0 Å². The largest absolute Gasteiger partial charge is 0.444 e. The molecule has 22 heavy (non-hydrogen) atoms. The SMILES string of the molecule is CC(C)(C)OC(=O)N1CCC(OCc2cccc(N)c2)CC1. The topological polar surface area (TPSA) is 64.8 Å². The minimum Gasteiger partial charge on any atom is -0.444 e. The summed E-state index contributed by atoms with van der Waals surface area (Å²) in [7, 11) is 0. The number of benzene rings is 1. The second-order valence-corrected chi connectivity index (χ2v) is 6.72. The molecule has 122 valence electrons. The number of nitrogen functional groups attached to an aromatic ring is 1. The molecule has 0 saturated carbocycles. The van der Waals surface area contributed by atoms with Crippen LogP contribution in [0.2, 0.25) is 0 Å². The molecule has 0 atom stereocenters. The van der Waals surface area contributed by atoms with Crippen LogP contribution >= 0.6 is 0 Å². The number of ether oxygens (including phenoxy) is 2. The van der Waals surface area contributed by atoms with E-state index in [1.54, 1.807) is 4.90 Å². The Bertz CT molecular complexity index is 503. The van der Waals surface area contributed by atoms with E-state index in [1.165, 1.54) is 0 Å². The molecule has 1 aliphatic heterocycles. The second-order valence-electron chi connectivity index (χ2n) is 6.72. The maximum absolute atomic E-state index is 12.0. The molecule has 0 unspecified atom stereocenters. The van der Waals surface area contributed by atoms with Crippen molar-refractivity contribution in [2.45, 2.75) is 51.9 Å². The molecule has 0 bridgehead atoms. The van der Waals surface area contributed by atoms with Crippen LogP contribution in [-0.4, -0.2) is 35.8 Å². The predicted octanol–water partition coefficient (Wildman–Crippen LogP) is 3.18. The number of likely N-dealkylation sites (tertiary alicyclic amines) is 1.